The highest BCUT2D eigenvalue weighted by molar-refractivity contribution is 5.87. The molecule has 0 aromatic heterocycles. The van der Waals surface area contributed by atoms with Gasteiger partial charge >= 0.3 is 0 Å². The molecular weight excluding hydrogens is 218 g/mol. The Kier molecular flexibility index (Phi) is 5.21. The molecule has 0 aromatic rings. The van der Waals surface area contributed by atoms with E-state index in [0.29, 0.717) is 25.6 Å². The van der Waals surface area contributed by atoms with Crippen molar-refractivity contribution in [2.24, 2.45) is 5.92 Å². The summed E-state index contributed by atoms with van der Waals surface area (Å²) in [6.07, 6.45) is 3.00. The van der Waals surface area contributed by atoms with Crippen LogP contribution < -0.4 is 5.32 Å². The lowest BCUT2D eigenvalue weighted by Crippen LogP contribution is -2.40. The molecule has 1 heterocycles. The molecule has 0 atom stereocenters. The first-order valence-corrected chi connectivity index (χ1v) is 5.72. The van der Waals surface area contributed by atoms with E-state index < -0.39 is 0 Å². The topological polar surface area (TPSA) is 73.2 Å². The summed E-state index contributed by atoms with van der Waals surface area (Å²) < 4.78 is 0. The van der Waals surface area contributed by atoms with E-state index in [1.807, 2.05) is 6.07 Å². The second-order valence-corrected chi connectivity index (χ2v) is 4.11. The van der Waals surface area contributed by atoms with Crippen molar-refractivity contribution in [2.75, 3.05) is 19.6 Å². The normalized spacial score (nSPS) is 16.1. The third-order valence-corrected chi connectivity index (χ3v) is 2.93. The number of carbonyl (C=O) groups is 2. The summed E-state index contributed by atoms with van der Waals surface area (Å²) in [6.45, 7) is 5.47. The number of amides is 2. The van der Waals surface area contributed by atoms with Crippen molar-refractivity contribution in [2.45, 2.75) is 19.3 Å². The van der Waals surface area contributed by atoms with Gasteiger partial charge in [-0.2, -0.15) is 5.26 Å². The molecule has 0 radical (unpaired) electrons. The molecule has 17 heavy (non-hydrogen) atoms. The van der Waals surface area contributed by atoms with Crippen molar-refractivity contribution in [1.29, 1.82) is 5.26 Å². The molecule has 2 amide bonds. The monoisotopic (exact) mass is 235 g/mol. The maximum absolute atomic E-state index is 11.3. The quantitative estimate of drug-likeness (QED) is 0.719. The first kappa shape index (κ1) is 13.2. The summed E-state index contributed by atoms with van der Waals surface area (Å²) in [5, 5.41) is 11.1. The maximum atomic E-state index is 11.3. The van der Waals surface area contributed by atoms with Crippen molar-refractivity contribution < 1.29 is 9.59 Å². The van der Waals surface area contributed by atoms with Gasteiger partial charge in [0.25, 0.3) is 0 Å². The van der Waals surface area contributed by atoms with Gasteiger partial charge in [0, 0.05) is 19.6 Å². The predicted molar refractivity (Wildman–Crippen MR) is 62.7 cm³/mol. The third-order valence-electron chi connectivity index (χ3n) is 2.93. The Balaban J connectivity index is 2.24. The Labute approximate surface area is 101 Å². The van der Waals surface area contributed by atoms with Gasteiger partial charge < -0.3 is 10.2 Å². The SMILES string of the molecule is C=CC(=O)N1CCC(CNC(=O)CC#N)CC1. The molecule has 1 N–H and O–H groups in total. The number of likely N-dealkylation sites (tertiary alicyclic amines) is 1. The molecule has 5 heteroatoms. The fourth-order valence-corrected chi connectivity index (χ4v) is 1.88. The van der Waals surface area contributed by atoms with E-state index in [1.165, 1.54) is 6.08 Å². The van der Waals surface area contributed by atoms with Crippen molar-refractivity contribution in [3.05, 3.63) is 12.7 Å². The van der Waals surface area contributed by atoms with Gasteiger partial charge in [0.15, 0.2) is 0 Å². The zero-order valence-electron chi connectivity index (χ0n) is 9.82. The van der Waals surface area contributed by atoms with E-state index in [9.17, 15) is 9.59 Å². The summed E-state index contributed by atoms with van der Waals surface area (Å²) >= 11 is 0. The van der Waals surface area contributed by atoms with Gasteiger partial charge in [0.1, 0.15) is 6.42 Å². The number of nitrogens with zero attached hydrogens (tertiary/aromatic N) is 2. The summed E-state index contributed by atoms with van der Waals surface area (Å²) in [4.78, 5) is 24.2. The fraction of sp³-hybridized carbons (Fsp3) is 0.583. The first-order chi connectivity index (χ1) is 8.17. The van der Waals surface area contributed by atoms with Crippen LogP contribution in [0.15, 0.2) is 12.7 Å². The number of rotatable bonds is 4. The Bertz CT molecular complexity index is 338. The lowest BCUT2D eigenvalue weighted by Gasteiger charge is -2.31. The molecule has 1 rings (SSSR count). The average molecular weight is 235 g/mol. The molecule has 1 aliphatic heterocycles. The minimum atomic E-state index is -0.225. The zero-order valence-corrected chi connectivity index (χ0v) is 9.82. The van der Waals surface area contributed by atoms with Crippen molar-refractivity contribution in [1.82, 2.24) is 10.2 Å². The fourth-order valence-electron chi connectivity index (χ4n) is 1.88. The highest BCUT2D eigenvalue weighted by Crippen LogP contribution is 2.16. The van der Waals surface area contributed by atoms with Crippen LogP contribution in [0.1, 0.15) is 19.3 Å². The molecule has 0 unspecified atom stereocenters. The van der Waals surface area contributed by atoms with Crippen LogP contribution in [0.4, 0.5) is 0 Å². The summed E-state index contributed by atoms with van der Waals surface area (Å²) in [7, 11) is 0. The number of hydrogen-bond acceptors (Lipinski definition) is 3. The molecule has 1 fully saturated rings. The van der Waals surface area contributed by atoms with Crippen LogP contribution in [0.25, 0.3) is 0 Å². The van der Waals surface area contributed by atoms with E-state index in [-0.39, 0.29) is 18.2 Å². The van der Waals surface area contributed by atoms with Gasteiger partial charge in [-0.25, -0.2) is 0 Å². The molecule has 0 spiro atoms. The molecule has 0 aromatic carbocycles. The maximum Gasteiger partial charge on any atom is 0.245 e. The number of piperidine rings is 1. The van der Waals surface area contributed by atoms with Gasteiger partial charge in [0.2, 0.25) is 11.8 Å². The number of nitriles is 1. The van der Waals surface area contributed by atoms with Crippen LogP contribution in [0.2, 0.25) is 0 Å². The van der Waals surface area contributed by atoms with Crippen LogP contribution >= 0.6 is 0 Å². The highest BCUT2D eigenvalue weighted by atomic mass is 16.2. The van der Waals surface area contributed by atoms with Crippen molar-refractivity contribution in [3.63, 3.8) is 0 Å². The van der Waals surface area contributed by atoms with E-state index in [1.54, 1.807) is 4.90 Å². The molecule has 5 nitrogen and oxygen atoms in total. The van der Waals surface area contributed by atoms with Crippen LogP contribution in [0.5, 0.6) is 0 Å². The molecule has 1 saturated heterocycles. The summed E-state index contributed by atoms with van der Waals surface area (Å²) in [6, 6.07) is 1.81. The second-order valence-electron chi connectivity index (χ2n) is 4.11. The van der Waals surface area contributed by atoms with Crippen molar-refractivity contribution >= 4 is 11.8 Å². The molecule has 92 valence electrons. The summed E-state index contributed by atoms with van der Waals surface area (Å²) in [5.41, 5.74) is 0. The van der Waals surface area contributed by atoms with Gasteiger partial charge in [-0.05, 0) is 24.8 Å². The highest BCUT2D eigenvalue weighted by Gasteiger charge is 2.21. The van der Waals surface area contributed by atoms with Crippen molar-refractivity contribution in [3.8, 4) is 6.07 Å². The van der Waals surface area contributed by atoms with E-state index in [0.717, 1.165) is 12.8 Å². The molecule has 0 bridgehead atoms. The first-order valence-electron chi connectivity index (χ1n) is 5.72. The van der Waals surface area contributed by atoms with Crippen LogP contribution in [-0.2, 0) is 9.59 Å². The van der Waals surface area contributed by atoms with E-state index in [2.05, 4.69) is 11.9 Å². The average Bonchev–Trinajstić information content (AvgIpc) is 2.36. The lowest BCUT2D eigenvalue weighted by atomic mass is 9.96. The number of carbonyl (C=O) groups excluding carboxylic acids is 2. The molecular formula is C12H17N3O2. The van der Waals surface area contributed by atoms with Crippen LogP contribution in [0, 0.1) is 17.2 Å². The molecule has 0 saturated carbocycles. The lowest BCUT2D eigenvalue weighted by molar-refractivity contribution is -0.127. The van der Waals surface area contributed by atoms with Gasteiger partial charge in [-0.1, -0.05) is 6.58 Å². The molecule has 0 aliphatic carbocycles. The van der Waals surface area contributed by atoms with E-state index >= 15 is 0 Å². The minimum Gasteiger partial charge on any atom is -0.355 e. The molecule has 1 aliphatic rings. The largest absolute Gasteiger partial charge is 0.355 e. The second kappa shape index (κ2) is 6.69. The van der Waals surface area contributed by atoms with Crippen LogP contribution in [-0.4, -0.2) is 36.3 Å². The zero-order chi connectivity index (χ0) is 12.7. The van der Waals surface area contributed by atoms with E-state index in [4.69, 9.17) is 5.26 Å². The van der Waals surface area contributed by atoms with Gasteiger partial charge in [-0.3, -0.25) is 9.59 Å². The summed E-state index contributed by atoms with van der Waals surface area (Å²) in [5.74, 6) is 0.139. The standard InChI is InChI=1S/C12H17N3O2/c1-2-12(17)15-7-4-10(5-8-15)9-14-11(16)3-6-13/h2,10H,1,3-5,7-9H2,(H,14,16). The Morgan fingerprint density at radius 3 is 2.65 bits per heavy atom. The Morgan fingerprint density at radius 1 is 1.47 bits per heavy atom. The number of nitrogens with one attached hydrogen (secondary N) is 1. The minimum absolute atomic E-state index is 0.0306. The Morgan fingerprint density at radius 2 is 2.12 bits per heavy atom. The Hall–Kier alpha value is -1.83. The number of hydrogen-bond donors (Lipinski definition) is 1. The predicted octanol–water partition coefficient (Wildman–Crippen LogP) is 0.441. The third kappa shape index (κ3) is 4.27. The smallest absolute Gasteiger partial charge is 0.245 e. The van der Waals surface area contributed by atoms with Gasteiger partial charge in [-0.15, -0.1) is 0 Å². The van der Waals surface area contributed by atoms with Crippen LogP contribution in [0.3, 0.4) is 0 Å². The van der Waals surface area contributed by atoms with Gasteiger partial charge in [0.05, 0.1) is 6.07 Å².